The van der Waals surface area contributed by atoms with E-state index in [0.717, 1.165) is 5.56 Å². The van der Waals surface area contributed by atoms with E-state index >= 15 is 0 Å². The van der Waals surface area contributed by atoms with E-state index < -0.39 is 5.97 Å². The summed E-state index contributed by atoms with van der Waals surface area (Å²) in [6.45, 7) is -0.303. The Morgan fingerprint density at radius 3 is 2.38 bits per heavy atom. The number of ether oxygens (including phenoxy) is 1. The second-order valence-corrected chi connectivity index (χ2v) is 8.76. The molecule has 0 saturated heterocycles. The van der Waals surface area contributed by atoms with Gasteiger partial charge in [0.05, 0.1) is 16.8 Å². The van der Waals surface area contributed by atoms with E-state index in [9.17, 15) is 9.59 Å². The maximum atomic E-state index is 13.0. The predicted molar refractivity (Wildman–Crippen MR) is 132 cm³/mol. The largest absolute Gasteiger partial charge is 0.454 e. The van der Waals surface area contributed by atoms with E-state index in [0.29, 0.717) is 33.6 Å². The Kier molecular flexibility index (Phi) is 6.43. The van der Waals surface area contributed by atoms with Gasteiger partial charge >= 0.3 is 5.97 Å². The minimum absolute atomic E-state index is 0.212. The van der Waals surface area contributed by atoms with Gasteiger partial charge in [0.15, 0.2) is 12.4 Å². The number of hydrogen-bond acceptors (Lipinski definition) is 5. The normalized spacial score (nSPS) is 14.1. The number of esters is 1. The van der Waals surface area contributed by atoms with Gasteiger partial charge in [0.2, 0.25) is 0 Å². The molecule has 0 atom stereocenters. The molecular formula is C29H26N2O3. The maximum absolute atomic E-state index is 13.0. The number of ketones is 1. The number of carbonyl (C=O) groups is 2. The number of rotatable bonds is 6. The summed E-state index contributed by atoms with van der Waals surface area (Å²) in [5.74, 6) is -0.164. The zero-order valence-corrected chi connectivity index (χ0v) is 18.9. The van der Waals surface area contributed by atoms with Crippen molar-refractivity contribution >= 4 is 22.7 Å². The molecule has 170 valence electrons. The number of hydrogen-bond donors (Lipinski definition) is 0. The fourth-order valence-electron chi connectivity index (χ4n) is 4.68. The second-order valence-electron chi connectivity index (χ2n) is 8.76. The van der Waals surface area contributed by atoms with Crippen LogP contribution in [0.5, 0.6) is 0 Å². The molecule has 5 rings (SSSR count). The molecule has 0 bridgehead atoms. The summed E-state index contributed by atoms with van der Waals surface area (Å²) in [7, 11) is 0. The first-order chi connectivity index (χ1) is 16.7. The minimum atomic E-state index is -0.541. The third-order valence-corrected chi connectivity index (χ3v) is 6.56. The molecule has 0 aliphatic heterocycles. The van der Waals surface area contributed by atoms with Crippen molar-refractivity contribution in [2.24, 2.45) is 0 Å². The van der Waals surface area contributed by atoms with E-state index in [1.807, 2.05) is 60.7 Å². The van der Waals surface area contributed by atoms with Crippen molar-refractivity contribution in [1.29, 1.82) is 0 Å². The van der Waals surface area contributed by atoms with Crippen LogP contribution in [0.2, 0.25) is 0 Å². The quantitative estimate of drug-likeness (QED) is 0.252. The topological polar surface area (TPSA) is 69.2 Å². The van der Waals surface area contributed by atoms with Gasteiger partial charge in [-0.25, -0.2) is 9.78 Å². The van der Waals surface area contributed by atoms with Crippen LogP contribution >= 0.6 is 0 Å². The molecule has 0 unspecified atom stereocenters. The number of benzene rings is 2. The Labute approximate surface area is 198 Å². The van der Waals surface area contributed by atoms with Gasteiger partial charge in [0, 0.05) is 28.9 Å². The highest BCUT2D eigenvalue weighted by atomic mass is 16.5. The Bertz CT molecular complexity index is 1310. The smallest absolute Gasteiger partial charge is 0.339 e. The molecule has 4 aromatic rings. The van der Waals surface area contributed by atoms with Crippen LogP contribution in [0.3, 0.4) is 0 Å². The number of carbonyl (C=O) groups excluding carboxylic acids is 2. The lowest BCUT2D eigenvalue weighted by molar-refractivity contribution is 0.0476. The van der Waals surface area contributed by atoms with Crippen molar-refractivity contribution in [2.45, 2.75) is 38.0 Å². The number of nitrogens with zero attached hydrogens (tertiary/aromatic N) is 2. The standard InChI is InChI=1S/C29H26N2O3/c32-28(23-12-10-21(11-13-23)20-6-2-1-3-7-20)19-34-29(33)25-18-27(22-14-16-30-17-15-22)31-26-9-5-4-8-24(25)26/h4-5,8-18,20H,1-3,6-7,19H2. The highest BCUT2D eigenvalue weighted by Gasteiger charge is 2.18. The van der Waals surface area contributed by atoms with Gasteiger partial charge in [-0.15, -0.1) is 0 Å². The van der Waals surface area contributed by atoms with Crippen molar-refractivity contribution < 1.29 is 14.3 Å². The highest BCUT2D eigenvalue weighted by Crippen LogP contribution is 2.32. The molecule has 0 N–H and O–H groups in total. The molecule has 1 saturated carbocycles. The van der Waals surface area contributed by atoms with Gasteiger partial charge in [0.25, 0.3) is 0 Å². The molecule has 0 spiro atoms. The van der Waals surface area contributed by atoms with Crippen LogP contribution in [0.25, 0.3) is 22.2 Å². The number of fused-ring (bicyclic) bond motifs is 1. The monoisotopic (exact) mass is 450 g/mol. The van der Waals surface area contributed by atoms with Gasteiger partial charge in [-0.1, -0.05) is 61.7 Å². The van der Waals surface area contributed by atoms with E-state index in [1.54, 1.807) is 18.5 Å². The van der Waals surface area contributed by atoms with Gasteiger partial charge in [-0.2, -0.15) is 0 Å². The van der Waals surface area contributed by atoms with Crippen molar-refractivity contribution in [1.82, 2.24) is 9.97 Å². The molecular weight excluding hydrogens is 424 g/mol. The number of aromatic nitrogens is 2. The van der Waals surface area contributed by atoms with E-state index in [4.69, 9.17) is 4.74 Å². The molecule has 1 fully saturated rings. The summed E-state index contributed by atoms with van der Waals surface area (Å²) >= 11 is 0. The summed E-state index contributed by atoms with van der Waals surface area (Å²) in [6, 6.07) is 20.6. The summed E-state index contributed by atoms with van der Waals surface area (Å²) in [5.41, 5.74) is 4.43. The van der Waals surface area contributed by atoms with Crippen molar-refractivity contribution in [3.05, 3.63) is 95.8 Å². The first-order valence-electron chi connectivity index (χ1n) is 11.8. The van der Waals surface area contributed by atoms with Crippen LogP contribution in [-0.2, 0) is 4.74 Å². The third-order valence-electron chi connectivity index (χ3n) is 6.56. The fraction of sp³-hybridized carbons (Fsp3) is 0.241. The van der Waals surface area contributed by atoms with E-state index in [1.165, 1.54) is 37.7 Å². The second kappa shape index (κ2) is 9.96. The molecule has 2 aromatic carbocycles. The third kappa shape index (κ3) is 4.74. The first kappa shape index (κ1) is 22.0. The Morgan fingerprint density at radius 1 is 0.882 bits per heavy atom. The van der Waals surface area contributed by atoms with Crippen LogP contribution in [0.4, 0.5) is 0 Å². The van der Waals surface area contributed by atoms with E-state index in [-0.39, 0.29) is 12.4 Å². The maximum Gasteiger partial charge on any atom is 0.339 e. The average Bonchev–Trinajstić information content (AvgIpc) is 2.92. The molecule has 5 heteroatoms. The van der Waals surface area contributed by atoms with Crippen LogP contribution in [0, 0.1) is 0 Å². The lowest BCUT2D eigenvalue weighted by Crippen LogP contribution is -2.15. The molecule has 1 aliphatic carbocycles. The molecule has 5 nitrogen and oxygen atoms in total. The van der Waals surface area contributed by atoms with Crippen molar-refractivity contribution in [3.8, 4) is 11.3 Å². The van der Waals surface area contributed by atoms with Gasteiger partial charge in [-0.3, -0.25) is 9.78 Å². The number of pyridine rings is 2. The van der Waals surface area contributed by atoms with Gasteiger partial charge < -0.3 is 4.74 Å². The fourth-order valence-corrected chi connectivity index (χ4v) is 4.68. The summed E-state index contributed by atoms with van der Waals surface area (Å²) < 4.78 is 5.46. The molecule has 34 heavy (non-hydrogen) atoms. The Morgan fingerprint density at radius 2 is 1.62 bits per heavy atom. The number of para-hydroxylation sites is 1. The Balaban J connectivity index is 1.32. The van der Waals surface area contributed by atoms with E-state index in [2.05, 4.69) is 9.97 Å². The SMILES string of the molecule is O=C(COC(=O)c1cc(-c2ccncc2)nc2ccccc12)c1ccc(C2CCCCC2)cc1. The molecule has 2 aromatic heterocycles. The molecule has 2 heterocycles. The number of Topliss-reactive ketones (excluding diaryl/α,β-unsaturated/α-hetero) is 1. The predicted octanol–water partition coefficient (Wildman–Crippen LogP) is 6.38. The zero-order valence-electron chi connectivity index (χ0n) is 18.9. The van der Waals surface area contributed by atoms with Crippen molar-refractivity contribution in [2.75, 3.05) is 6.61 Å². The lowest BCUT2D eigenvalue weighted by Gasteiger charge is -2.22. The van der Waals surface area contributed by atoms with Crippen LogP contribution in [0.15, 0.2) is 79.1 Å². The molecule has 1 aliphatic rings. The zero-order chi connectivity index (χ0) is 23.3. The molecule has 0 amide bonds. The van der Waals surface area contributed by atoms with Crippen LogP contribution in [-0.4, -0.2) is 28.3 Å². The van der Waals surface area contributed by atoms with Gasteiger partial charge in [0.1, 0.15) is 0 Å². The Hall–Kier alpha value is -3.86. The minimum Gasteiger partial charge on any atom is -0.454 e. The average molecular weight is 451 g/mol. The summed E-state index contributed by atoms with van der Waals surface area (Å²) in [5, 5.41) is 0.689. The molecule has 0 radical (unpaired) electrons. The van der Waals surface area contributed by atoms with Gasteiger partial charge in [-0.05, 0) is 48.6 Å². The first-order valence-corrected chi connectivity index (χ1v) is 11.8. The summed E-state index contributed by atoms with van der Waals surface area (Å²) in [4.78, 5) is 34.5. The van der Waals surface area contributed by atoms with Crippen LogP contribution in [0.1, 0.15) is 64.3 Å². The van der Waals surface area contributed by atoms with Crippen molar-refractivity contribution in [3.63, 3.8) is 0 Å². The highest BCUT2D eigenvalue weighted by molar-refractivity contribution is 6.06. The summed E-state index contributed by atoms with van der Waals surface area (Å²) in [6.07, 6.45) is 9.65. The lowest BCUT2D eigenvalue weighted by atomic mass is 9.84. The van der Waals surface area contributed by atoms with Crippen LogP contribution < -0.4 is 0 Å².